The number of benzene rings is 1. The monoisotopic (exact) mass is 272 g/mol. The third kappa shape index (κ3) is 2.47. The molecule has 0 aliphatic carbocycles. The minimum atomic E-state index is -4.56. The molecule has 2 nitrogen and oxygen atoms in total. The number of fused-ring (bicyclic) bond motifs is 1. The molecule has 1 heterocycles. The van der Waals surface area contributed by atoms with Gasteiger partial charge in [0.2, 0.25) is 0 Å². The smallest absolute Gasteiger partial charge is 0.385 e. The molecule has 0 saturated carbocycles. The van der Waals surface area contributed by atoms with E-state index >= 15 is 0 Å². The molecule has 0 saturated heterocycles. The highest BCUT2D eigenvalue weighted by Gasteiger charge is 2.36. The summed E-state index contributed by atoms with van der Waals surface area (Å²) in [6, 6.07) is 3.64. The van der Waals surface area contributed by atoms with E-state index in [1.54, 1.807) is 6.92 Å². The van der Waals surface area contributed by atoms with Gasteiger partial charge in [0.1, 0.15) is 11.5 Å². The van der Waals surface area contributed by atoms with E-state index in [1.165, 1.54) is 19.1 Å². The molecule has 19 heavy (non-hydrogen) atoms. The number of aromatic nitrogens is 1. The molecule has 0 fully saturated rings. The van der Waals surface area contributed by atoms with E-state index in [-0.39, 0.29) is 11.1 Å². The summed E-state index contributed by atoms with van der Waals surface area (Å²) in [7, 11) is 0. The summed E-state index contributed by atoms with van der Waals surface area (Å²) in [6.45, 7) is 3.60. The second-order valence-corrected chi connectivity index (χ2v) is 4.15. The molecule has 0 aliphatic rings. The predicted octanol–water partition coefficient (Wildman–Crippen LogP) is 4.13. The van der Waals surface area contributed by atoms with Crippen molar-refractivity contribution < 1.29 is 17.6 Å². The van der Waals surface area contributed by atoms with Crippen LogP contribution < -0.4 is 5.32 Å². The first-order valence-corrected chi connectivity index (χ1v) is 5.75. The Morgan fingerprint density at radius 3 is 2.53 bits per heavy atom. The Labute approximate surface area is 107 Å². The molecule has 2 rings (SSSR count). The van der Waals surface area contributed by atoms with E-state index in [4.69, 9.17) is 0 Å². The topological polar surface area (TPSA) is 24.9 Å². The Balaban J connectivity index is 2.82. The van der Waals surface area contributed by atoms with Gasteiger partial charge in [-0.25, -0.2) is 9.37 Å². The maximum Gasteiger partial charge on any atom is 0.433 e. The maximum absolute atomic E-state index is 13.1. The summed E-state index contributed by atoms with van der Waals surface area (Å²) in [5.41, 5.74) is -0.622. The van der Waals surface area contributed by atoms with Gasteiger partial charge >= 0.3 is 6.18 Å². The van der Waals surface area contributed by atoms with Gasteiger partial charge in [0, 0.05) is 29.2 Å². The summed E-state index contributed by atoms with van der Waals surface area (Å²) in [4.78, 5) is 3.54. The number of halogens is 4. The Hall–Kier alpha value is -1.85. The number of nitrogens with one attached hydrogen (secondary N) is 1. The zero-order valence-corrected chi connectivity index (χ0v) is 10.4. The van der Waals surface area contributed by atoms with Gasteiger partial charge in [-0.2, -0.15) is 13.2 Å². The molecular weight excluding hydrogens is 260 g/mol. The molecule has 1 N–H and O–H groups in total. The van der Waals surface area contributed by atoms with Crippen LogP contribution >= 0.6 is 0 Å². The van der Waals surface area contributed by atoms with Crippen LogP contribution in [0.25, 0.3) is 10.9 Å². The van der Waals surface area contributed by atoms with Crippen LogP contribution in [0.1, 0.15) is 18.2 Å². The molecule has 0 atom stereocenters. The van der Waals surface area contributed by atoms with Crippen LogP contribution in [0.3, 0.4) is 0 Å². The van der Waals surface area contributed by atoms with Crippen LogP contribution in [0.5, 0.6) is 0 Å². The van der Waals surface area contributed by atoms with Crippen LogP contribution in [0.2, 0.25) is 0 Å². The van der Waals surface area contributed by atoms with Crippen molar-refractivity contribution in [1.82, 2.24) is 4.98 Å². The van der Waals surface area contributed by atoms with Gasteiger partial charge in [0.15, 0.2) is 0 Å². The first-order chi connectivity index (χ1) is 8.84. The van der Waals surface area contributed by atoms with Gasteiger partial charge in [-0.15, -0.1) is 0 Å². The fourth-order valence-electron chi connectivity index (χ4n) is 2.01. The molecule has 0 amide bonds. The average Bonchev–Trinajstić information content (AvgIpc) is 2.31. The van der Waals surface area contributed by atoms with Crippen molar-refractivity contribution in [3.8, 4) is 0 Å². The van der Waals surface area contributed by atoms with Crippen LogP contribution in [0, 0.1) is 12.7 Å². The van der Waals surface area contributed by atoms with E-state index in [1.807, 2.05) is 0 Å². The lowest BCUT2D eigenvalue weighted by Crippen LogP contribution is -2.13. The summed E-state index contributed by atoms with van der Waals surface area (Å²) in [5, 5.41) is 3.37. The average molecular weight is 272 g/mol. The van der Waals surface area contributed by atoms with Crippen molar-refractivity contribution in [2.45, 2.75) is 20.0 Å². The minimum absolute atomic E-state index is 0.00567. The SMILES string of the molecule is CCNc1c(C)c(C(F)(F)F)nc2cc(F)ccc12. The van der Waals surface area contributed by atoms with Gasteiger partial charge in [0.25, 0.3) is 0 Å². The zero-order valence-electron chi connectivity index (χ0n) is 10.4. The molecule has 6 heteroatoms. The molecule has 2 aromatic rings. The second-order valence-electron chi connectivity index (χ2n) is 4.15. The molecule has 1 aromatic heterocycles. The molecular formula is C13H12F4N2. The van der Waals surface area contributed by atoms with Crippen molar-refractivity contribution in [3.05, 3.63) is 35.3 Å². The highest BCUT2D eigenvalue weighted by molar-refractivity contribution is 5.93. The quantitative estimate of drug-likeness (QED) is 0.831. The number of pyridine rings is 1. The number of hydrogen-bond acceptors (Lipinski definition) is 2. The van der Waals surface area contributed by atoms with Crippen molar-refractivity contribution in [2.24, 2.45) is 0 Å². The van der Waals surface area contributed by atoms with Crippen LogP contribution in [0.15, 0.2) is 18.2 Å². The highest BCUT2D eigenvalue weighted by atomic mass is 19.4. The van der Waals surface area contributed by atoms with E-state index in [0.29, 0.717) is 17.6 Å². The first-order valence-electron chi connectivity index (χ1n) is 5.75. The molecule has 102 valence electrons. The van der Waals surface area contributed by atoms with Gasteiger partial charge in [-0.1, -0.05) is 0 Å². The second kappa shape index (κ2) is 4.68. The van der Waals surface area contributed by atoms with Crippen molar-refractivity contribution in [2.75, 3.05) is 11.9 Å². The largest absolute Gasteiger partial charge is 0.433 e. The fourth-order valence-corrected chi connectivity index (χ4v) is 2.01. The Bertz CT molecular complexity index is 620. The lowest BCUT2D eigenvalue weighted by atomic mass is 10.1. The third-order valence-corrected chi connectivity index (χ3v) is 2.81. The molecule has 0 unspecified atom stereocenters. The van der Waals surface area contributed by atoms with Gasteiger partial charge in [-0.05, 0) is 26.0 Å². The minimum Gasteiger partial charge on any atom is -0.385 e. The molecule has 0 bridgehead atoms. The van der Waals surface area contributed by atoms with Crippen molar-refractivity contribution in [1.29, 1.82) is 0 Å². The van der Waals surface area contributed by atoms with Crippen LogP contribution in [-0.2, 0) is 6.18 Å². The van der Waals surface area contributed by atoms with Gasteiger partial charge in [0.05, 0.1) is 5.52 Å². The van der Waals surface area contributed by atoms with Crippen molar-refractivity contribution >= 4 is 16.6 Å². The van der Waals surface area contributed by atoms with Gasteiger partial charge < -0.3 is 5.32 Å². The molecule has 1 aromatic carbocycles. The summed E-state index contributed by atoms with van der Waals surface area (Å²) >= 11 is 0. The van der Waals surface area contributed by atoms with Crippen molar-refractivity contribution in [3.63, 3.8) is 0 Å². The first kappa shape index (κ1) is 13.6. The number of nitrogens with zero attached hydrogens (tertiary/aromatic N) is 1. The molecule has 0 aliphatic heterocycles. The summed E-state index contributed by atoms with van der Waals surface area (Å²) in [6.07, 6.45) is -4.56. The van der Waals surface area contributed by atoms with Crippen LogP contribution in [0.4, 0.5) is 23.2 Å². The standard InChI is InChI=1S/C13H12F4N2/c1-3-18-11-7(2)12(13(15,16)17)19-10-6-8(14)4-5-9(10)11/h4-6H,3H2,1-2H3,(H,18,19). The summed E-state index contributed by atoms with van der Waals surface area (Å²) < 4.78 is 51.9. The number of hydrogen-bond donors (Lipinski definition) is 1. The van der Waals surface area contributed by atoms with E-state index < -0.39 is 17.7 Å². The van der Waals surface area contributed by atoms with Crippen LogP contribution in [-0.4, -0.2) is 11.5 Å². The lowest BCUT2D eigenvalue weighted by molar-refractivity contribution is -0.141. The molecule has 0 spiro atoms. The maximum atomic E-state index is 13.1. The summed E-state index contributed by atoms with van der Waals surface area (Å²) in [5.74, 6) is -0.612. The number of anilines is 1. The normalized spacial score (nSPS) is 11.9. The van der Waals surface area contributed by atoms with Gasteiger partial charge in [-0.3, -0.25) is 0 Å². The van der Waals surface area contributed by atoms with E-state index in [2.05, 4.69) is 10.3 Å². The predicted molar refractivity (Wildman–Crippen MR) is 65.6 cm³/mol. The number of rotatable bonds is 2. The van der Waals surface area contributed by atoms with E-state index in [0.717, 1.165) is 6.07 Å². The zero-order chi connectivity index (χ0) is 14.2. The highest BCUT2D eigenvalue weighted by Crippen LogP contribution is 2.37. The van der Waals surface area contributed by atoms with E-state index in [9.17, 15) is 17.6 Å². The fraction of sp³-hybridized carbons (Fsp3) is 0.308. The Morgan fingerprint density at radius 1 is 1.26 bits per heavy atom. The Kier molecular flexibility index (Phi) is 3.34. The number of alkyl halides is 3. The molecule has 0 radical (unpaired) electrons. The lowest BCUT2D eigenvalue weighted by Gasteiger charge is -2.16. The Morgan fingerprint density at radius 2 is 1.95 bits per heavy atom. The third-order valence-electron chi connectivity index (χ3n) is 2.81.